The molecule has 0 spiro atoms. The van der Waals surface area contributed by atoms with Gasteiger partial charge in [-0.2, -0.15) is 0 Å². The van der Waals surface area contributed by atoms with Gasteiger partial charge in [-0.3, -0.25) is 14.4 Å². The summed E-state index contributed by atoms with van der Waals surface area (Å²) < 4.78 is 38.8. The number of methoxy groups -OCH3 is 1. The second-order valence-electron chi connectivity index (χ2n) is 9.69. The molecule has 3 aromatic carbocycles. The van der Waals surface area contributed by atoms with Crippen LogP contribution in [0.5, 0.6) is 5.75 Å². The number of thiophene rings is 1. The number of anilines is 2. The molecule has 0 saturated heterocycles. The van der Waals surface area contributed by atoms with E-state index in [-0.39, 0.29) is 22.8 Å². The van der Waals surface area contributed by atoms with Crippen LogP contribution < -0.4 is 14.8 Å². The third-order valence-corrected chi connectivity index (χ3v) is 9.37. The van der Waals surface area contributed by atoms with Crippen molar-refractivity contribution >= 4 is 43.9 Å². The second-order valence-corrected chi connectivity index (χ2v) is 12.5. The van der Waals surface area contributed by atoms with E-state index < -0.39 is 21.9 Å². The highest BCUT2D eigenvalue weighted by Crippen LogP contribution is 2.38. The van der Waals surface area contributed by atoms with Crippen molar-refractivity contribution in [1.29, 1.82) is 0 Å². The summed E-state index contributed by atoms with van der Waals surface area (Å²) in [5.74, 6) is -0.400. The summed E-state index contributed by atoms with van der Waals surface area (Å²) in [7, 11) is -2.39. The van der Waals surface area contributed by atoms with Gasteiger partial charge in [-0.05, 0) is 66.9 Å². The number of benzene rings is 3. The number of amides is 1. The van der Waals surface area contributed by atoms with Crippen LogP contribution in [0.2, 0.25) is 0 Å². The van der Waals surface area contributed by atoms with E-state index in [0.717, 1.165) is 23.5 Å². The van der Waals surface area contributed by atoms with Crippen LogP contribution in [0.3, 0.4) is 0 Å². The summed E-state index contributed by atoms with van der Waals surface area (Å²) in [5, 5.41) is 3.32. The van der Waals surface area contributed by atoms with Gasteiger partial charge < -0.3 is 14.8 Å². The van der Waals surface area contributed by atoms with E-state index in [4.69, 9.17) is 9.47 Å². The summed E-state index contributed by atoms with van der Waals surface area (Å²) >= 11 is 1.37. The molecule has 1 amide bonds. The Morgan fingerprint density at radius 3 is 2.48 bits per heavy atom. The van der Waals surface area contributed by atoms with Gasteiger partial charge in [0.2, 0.25) is 0 Å². The smallest absolute Gasteiger partial charge is 0.341 e. The van der Waals surface area contributed by atoms with E-state index in [1.165, 1.54) is 42.2 Å². The van der Waals surface area contributed by atoms with Crippen molar-refractivity contribution in [3.05, 3.63) is 106 Å². The highest BCUT2D eigenvalue weighted by Gasteiger charge is 2.30. The fraction of sp³-hybridized carbons (Fsp3) is 0.226. The maximum Gasteiger partial charge on any atom is 0.341 e. The second kappa shape index (κ2) is 12.8. The van der Waals surface area contributed by atoms with E-state index in [1.807, 2.05) is 18.2 Å². The third-order valence-electron chi connectivity index (χ3n) is 6.84. The fourth-order valence-corrected chi connectivity index (χ4v) is 7.13. The Hall–Kier alpha value is -4.19. The molecule has 2 N–H and O–H groups in total. The zero-order valence-corrected chi connectivity index (χ0v) is 24.9. The molecule has 0 saturated carbocycles. The molecule has 5 rings (SSSR count). The van der Waals surface area contributed by atoms with Crippen LogP contribution in [0.15, 0.2) is 83.8 Å². The molecule has 42 heavy (non-hydrogen) atoms. The monoisotopic (exact) mass is 605 g/mol. The Bertz CT molecular complexity index is 1690. The van der Waals surface area contributed by atoms with Crippen molar-refractivity contribution in [1.82, 2.24) is 4.90 Å². The van der Waals surface area contributed by atoms with Gasteiger partial charge in [-0.1, -0.05) is 36.4 Å². The van der Waals surface area contributed by atoms with E-state index >= 15 is 0 Å². The van der Waals surface area contributed by atoms with Gasteiger partial charge in [0.25, 0.3) is 15.9 Å². The average molecular weight is 606 g/mol. The standard InChI is InChI=1S/C31H31N3O6S2/c1-3-40-31(36)28-26-16-17-34(19-21-8-5-4-6-9-21)20-27(26)41-30(28)32-29(35)22-10-7-11-23(18-22)33-42(37,38)25-14-12-24(39-2)13-15-25/h4-15,18,33H,3,16-17,19-20H2,1-2H3,(H,32,35). The van der Waals surface area contributed by atoms with E-state index in [0.29, 0.717) is 29.3 Å². The summed E-state index contributed by atoms with van der Waals surface area (Å²) in [6.07, 6.45) is 0.658. The lowest BCUT2D eigenvalue weighted by Gasteiger charge is -2.27. The molecule has 4 aromatic rings. The maximum absolute atomic E-state index is 13.4. The maximum atomic E-state index is 13.4. The number of nitrogens with zero attached hydrogens (tertiary/aromatic N) is 1. The largest absolute Gasteiger partial charge is 0.497 e. The molecule has 0 unspecified atom stereocenters. The Morgan fingerprint density at radius 2 is 1.76 bits per heavy atom. The lowest BCUT2D eigenvalue weighted by Crippen LogP contribution is -2.29. The van der Waals surface area contributed by atoms with Gasteiger partial charge in [-0.15, -0.1) is 11.3 Å². The van der Waals surface area contributed by atoms with Crippen molar-refractivity contribution in [2.45, 2.75) is 31.3 Å². The lowest BCUT2D eigenvalue weighted by molar-refractivity contribution is 0.0526. The van der Waals surface area contributed by atoms with Crippen LogP contribution in [0.4, 0.5) is 10.7 Å². The average Bonchev–Trinajstić information content (AvgIpc) is 3.34. The van der Waals surface area contributed by atoms with Crippen LogP contribution in [-0.4, -0.2) is 45.5 Å². The molecule has 2 heterocycles. The number of esters is 1. The van der Waals surface area contributed by atoms with Crippen molar-refractivity contribution in [3.8, 4) is 5.75 Å². The number of ether oxygens (including phenoxy) is 2. The minimum Gasteiger partial charge on any atom is -0.497 e. The van der Waals surface area contributed by atoms with Crippen molar-refractivity contribution < 1.29 is 27.5 Å². The Balaban J connectivity index is 1.35. The van der Waals surface area contributed by atoms with Crippen LogP contribution in [0.25, 0.3) is 0 Å². The fourth-order valence-electron chi connectivity index (χ4n) is 4.81. The topological polar surface area (TPSA) is 114 Å². The first-order valence-electron chi connectivity index (χ1n) is 13.4. The van der Waals surface area contributed by atoms with Gasteiger partial charge in [0, 0.05) is 35.8 Å². The molecule has 1 aromatic heterocycles. The zero-order valence-electron chi connectivity index (χ0n) is 23.3. The molecular weight excluding hydrogens is 574 g/mol. The number of sulfonamides is 1. The van der Waals surface area contributed by atoms with Crippen LogP contribution in [-0.2, 0) is 34.3 Å². The quantitative estimate of drug-likeness (QED) is 0.228. The molecule has 11 heteroatoms. The molecular formula is C31H31N3O6S2. The Kier molecular flexibility index (Phi) is 8.91. The van der Waals surface area contributed by atoms with Gasteiger partial charge in [0.05, 0.1) is 24.2 Å². The minimum absolute atomic E-state index is 0.0581. The van der Waals surface area contributed by atoms with Crippen LogP contribution in [0, 0.1) is 0 Å². The van der Waals surface area contributed by atoms with E-state index in [1.54, 1.807) is 37.3 Å². The van der Waals surface area contributed by atoms with Crippen LogP contribution in [0.1, 0.15) is 43.6 Å². The van der Waals surface area contributed by atoms with Gasteiger partial charge in [-0.25, -0.2) is 13.2 Å². The Labute approximate surface area is 249 Å². The van der Waals surface area contributed by atoms with Gasteiger partial charge in [0.15, 0.2) is 0 Å². The Morgan fingerprint density at radius 1 is 1.00 bits per heavy atom. The number of carbonyl (C=O) groups excluding carboxylic acids is 2. The highest BCUT2D eigenvalue weighted by molar-refractivity contribution is 7.92. The van der Waals surface area contributed by atoms with E-state index in [9.17, 15) is 18.0 Å². The summed E-state index contributed by atoms with van der Waals surface area (Å²) in [5.41, 5.74) is 2.96. The third kappa shape index (κ3) is 6.64. The molecule has 0 bridgehead atoms. The molecule has 0 atom stereocenters. The van der Waals surface area contributed by atoms with Crippen molar-refractivity contribution in [2.24, 2.45) is 0 Å². The number of fused-ring (bicyclic) bond motifs is 1. The number of carbonyl (C=O) groups is 2. The first kappa shape index (κ1) is 29.3. The molecule has 0 radical (unpaired) electrons. The molecule has 218 valence electrons. The predicted octanol–water partition coefficient (Wildman–Crippen LogP) is 5.54. The number of hydrogen-bond donors (Lipinski definition) is 2. The summed E-state index contributed by atoms with van der Waals surface area (Å²) in [4.78, 5) is 29.8. The highest BCUT2D eigenvalue weighted by atomic mass is 32.2. The van der Waals surface area contributed by atoms with Gasteiger partial charge >= 0.3 is 5.97 Å². The molecule has 0 aliphatic carbocycles. The summed E-state index contributed by atoms with van der Waals surface area (Å²) in [6.45, 7) is 4.17. The van der Waals surface area contributed by atoms with Crippen LogP contribution >= 0.6 is 11.3 Å². The van der Waals surface area contributed by atoms with Gasteiger partial charge in [0.1, 0.15) is 10.8 Å². The first-order valence-corrected chi connectivity index (χ1v) is 15.7. The minimum atomic E-state index is -3.90. The first-order chi connectivity index (χ1) is 20.3. The van der Waals surface area contributed by atoms with Crippen molar-refractivity contribution in [2.75, 3.05) is 30.3 Å². The molecule has 0 fully saturated rings. The normalized spacial score (nSPS) is 13.2. The van der Waals surface area contributed by atoms with E-state index in [2.05, 4.69) is 27.1 Å². The summed E-state index contributed by atoms with van der Waals surface area (Å²) in [6, 6.07) is 22.4. The van der Waals surface area contributed by atoms with Crippen molar-refractivity contribution in [3.63, 3.8) is 0 Å². The molecule has 9 nitrogen and oxygen atoms in total. The SMILES string of the molecule is CCOC(=O)c1c(NC(=O)c2cccc(NS(=O)(=O)c3ccc(OC)cc3)c2)sc2c1CCN(Cc1ccccc1)C2. The number of rotatable bonds is 10. The lowest BCUT2D eigenvalue weighted by atomic mass is 10.0. The zero-order chi connectivity index (χ0) is 29.7. The molecule has 1 aliphatic rings. The predicted molar refractivity (Wildman–Crippen MR) is 163 cm³/mol. The number of nitrogens with one attached hydrogen (secondary N) is 2. The number of hydrogen-bond acceptors (Lipinski definition) is 8. The molecule has 1 aliphatic heterocycles.